The fraction of sp³-hybridized carbons (Fsp3) is 0.571. The minimum atomic E-state index is -0.473. The van der Waals surface area contributed by atoms with Crippen molar-refractivity contribution in [3.63, 3.8) is 0 Å². The summed E-state index contributed by atoms with van der Waals surface area (Å²) in [4.78, 5) is 2.35. The van der Waals surface area contributed by atoms with E-state index in [0.29, 0.717) is 16.8 Å². The second kappa shape index (κ2) is 9.55. The van der Waals surface area contributed by atoms with E-state index < -0.39 is 5.82 Å². The van der Waals surface area contributed by atoms with Gasteiger partial charge < -0.3 is 15.0 Å². The van der Waals surface area contributed by atoms with Crippen molar-refractivity contribution in [2.24, 2.45) is 0 Å². The normalized spacial score (nSPS) is 11.1. The Balaban J connectivity index is 2.23. The number of rotatable bonds is 9. The number of halogens is 3. The predicted molar refractivity (Wildman–Crippen MR) is 85.3 cm³/mol. The molecule has 1 aromatic rings. The van der Waals surface area contributed by atoms with E-state index in [1.165, 1.54) is 12.1 Å². The average Bonchev–Trinajstić information content (AvgIpc) is 2.43. The Kier molecular flexibility index (Phi) is 8.45. The molecule has 6 heteroatoms. The zero-order valence-corrected chi connectivity index (χ0v) is 14.2. The van der Waals surface area contributed by atoms with E-state index in [2.05, 4.69) is 40.0 Å². The fourth-order valence-electron chi connectivity index (χ4n) is 1.75. The van der Waals surface area contributed by atoms with Crippen LogP contribution in [-0.4, -0.2) is 44.2 Å². The first kappa shape index (κ1) is 17.7. The van der Waals surface area contributed by atoms with Crippen molar-refractivity contribution in [1.82, 2.24) is 10.2 Å². The molecule has 0 aromatic heterocycles. The van der Waals surface area contributed by atoms with E-state index in [9.17, 15) is 4.39 Å². The average molecular weight is 368 g/mol. The molecule has 1 rings (SSSR count). The number of likely N-dealkylation sites (N-methyl/N-ethyl adjacent to an activating group) is 1. The lowest BCUT2D eigenvalue weighted by Gasteiger charge is -2.18. The van der Waals surface area contributed by atoms with E-state index in [1.54, 1.807) is 0 Å². The van der Waals surface area contributed by atoms with Gasteiger partial charge in [-0.15, -0.1) is 0 Å². The summed E-state index contributed by atoms with van der Waals surface area (Å²) >= 11 is 8.97. The molecule has 0 aliphatic heterocycles. The van der Waals surface area contributed by atoms with Gasteiger partial charge in [-0.25, -0.2) is 4.39 Å². The Bertz CT molecular complexity index is 416. The lowest BCUT2D eigenvalue weighted by atomic mass is 10.3. The molecule has 1 aromatic carbocycles. The quantitative estimate of drug-likeness (QED) is 0.533. The molecular weight excluding hydrogens is 347 g/mol. The second-order valence-electron chi connectivity index (χ2n) is 4.32. The van der Waals surface area contributed by atoms with Crippen LogP contribution in [-0.2, 0) is 0 Å². The first-order chi connectivity index (χ1) is 9.58. The third kappa shape index (κ3) is 5.95. The largest absolute Gasteiger partial charge is 0.491 e. The fourth-order valence-corrected chi connectivity index (χ4v) is 2.50. The van der Waals surface area contributed by atoms with Crippen LogP contribution in [0.4, 0.5) is 4.39 Å². The van der Waals surface area contributed by atoms with Gasteiger partial charge in [0.1, 0.15) is 18.2 Å². The Morgan fingerprint density at radius 2 is 2.00 bits per heavy atom. The van der Waals surface area contributed by atoms with Crippen molar-refractivity contribution >= 4 is 27.5 Å². The van der Waals surface area contributed by atoms with Gasteiger partial charge in [-0.05, 0) is 35.1 Å². The molecule has 114 valence electrons. The smallest absolute Gasteiger partial charge is 0.145 e. The zero-order chi connectivity index (χ0) is 15.0. The van der Waals surface area contributed by atoms with Gasteiger partial charge in [-0.3, -0.25) is 0 Å². The van der Waals surface area contributed by atoms with E-state index >= 15 is 0 Å². The van der Waals surface area contributed by atoms with Crippen molar-refractivity contribution in [2.75, 3.05) is 39.3 Å². The molecule has 0 bridgehead atoms. The topological polar surface area (TPSA) is 24.5 Å². The molecule has 0 saturated heterocycles. The summed E-state index contributed by atoms with van der Waals surface area (Å²) in [5, 5.41) is 3.38. The molecule has 0 heterocycles. The van der Waals surface area contributed by atoms with Gasteiger partial charge >= 0.3 is 0 Å². The van der Waals surface area contributed by atoms with E-state index in [4.69, 9.17) is 16.3 Å². The molecule has 0 unspecified atom stereocenters. The van der Waals surface area contributed by atoms with Crippen LogP contribution in [0.3, 0.4) is 0 Å². The summed E-state index contributed by atoms with van der Waals surface area (Å²) in [6, 6.07) is 2.79. The van der Waals surface area contributed by atoms with Gasteiger partial charge in [0.05, 0.1) is 9.50 Å². The molecule has 0 saturated carbocycles. The van der Waals surface area contributed by atoms with Gasteiger partial charge in [0, 0.05) is 25.7 Å². The summed E-state index contributed by atoms with van der Waals surface area (Å²) in [5.41, 5.74) is 0. The van der Waals surface area contributed by atoms with Crippen molar-refractivity contribution in [3.05, 3.63) is 27.4 Å². The summed E-state index contributed by atoms with van der Waals surface area (Å²) in [6.45, 7) is 9.57. The highest BCUT2D eigenvalue weighted by atomic mass is 79.9. The molecule has 20 heavy (non-hydrogen) atoms. The van der Waals surface area contributed by atoms with Crippen molar-refractivity contribution in [2.45, 2.75) is 13.8 Å². The number of nitrogens with zero attached hydrogens (tertiary/aromatic N) is 1. The Hall–Kier alpha value is -0.360. The zero-order valence-electron chi connectivity index (χ0n) is 11.9. The maximum Gasteiger partial charge on any atom is 0.145 e. The predicted octanol–water partition coefficient (Wildman–Crippen LogP) is 3.55. The Morgan fingerprint density at radius 3 is 2.65 bits per heavy atom. The highest BCUT2D eigenvalue weighted by molar-refractivity contribution is 9.10. The van der Waals surface area contributed by atoms with Crippen LogP contribution < -0.4 is 10.1 Å². The number of ether oxygens (including phenoxy) is 1. The van der Waals surface area contributed by atoms with Crippen molar-refractivity contribution < 1.29 is 9.13 Å². The third-order valence-corrected chi connectivity index (χ3v) is 3.92. The lowest BCUT2D eigenvalue weighted by Crippen LogP contribution is -2.33. The van der Waals surface area contributed by atoms with Crippen molar-refractivity contribution in [3.8, 4) is 5.75 Å². The minimum Gasteiger partial charge on any atom is -0.491 e. The van der Waals surface area contributed by atoms with Crippen LogP contribution in [0, 0.1) is 5.82 Å². The van der Waals surface area contributed by atoms with Crippen LogP contribution in [0.15, 0.2) is 16.6 Å². The Labute approximate surface area is 133 Å². The number of hydrogen-bond donors (Lipinski definition) is 1. The maximum atomic E-state index is 13.3. The molecular formula is C14H21BrClFN2O. The van der Waals surface area contributed by atoms with Crippen LogP contribution in [0.25, 0.3) is 0 Å². The van der Waals surface area contributed by atoms with Crippen LogP contribution in [0.5, 0.6) is 5.75 Å². The SMILES string of the molecule is CCN(CC)CCNCCOc1cc(F)c(Cl)cc1Br. The van der Waals surface area contributed by atoms with Crippen molar-refractivity contribution in [1.29, 1.82) is 0 Å². The van der Waals surface area contributed by atoms with E-state index in [1.807, 2.05) is 0 Å². The highest BCUT2D eigenvalue weighted by Crippen LogP contribution is 2.30. The number of benzene rings is 1. The summed E-state index contributed by atoms with van der Waals surface area (Å²) in [5.74, 6) is -0.00296. The number of hydrogen-bond acceptors (Lipinski definition) is 3. The first-order valence-electron chi connectivity index (χ1n) is 6.78. The van der Waals surface area contributed by atoms with Crippen LogP contribution >= 0.6 is 27.5 Å². The van der Waals surface area contributed by atoms with Gasteiger partial charge in [0.15, 0.2) is 0 Å². The molecule has 1 N–H and O–H groups in total. The molecule has 0 spiro atoms. The molecule has 0 aliphatic carbocycles. The number of nitrogens with one attached hydrogen (secondary N) is 1. The summed E-state index contributed by atoms with van der Waals surface area (Å²) in [7, 11) is 0. The van der Waals surface area contributed by atoms with Crippen LogP contribution in [0.2, 0.25) is 5.02 Å². The second-order valence-corrected chi connectivity index (χ2v) is 5.58. The maximum absolute atomic E-state index is 13.3. The first-order valence-corrected chi connectivity index (χ1v) is 7.96. The molecule has 0 amide bonds. The van der Waals surface area contributed by atoms with E-state index in [0.717, 1.165) is 32.7 Å². The van der Waals surface area contributed by atoms with Gasteiger partial charge in [0.2, 0.25) is 0 Å². The molecule has 0 radical (unpaired) electrons. The lowest BCUT2D eigenvalue weighted by molar-refractivity contribution is 0.284. The monoisotopic (exact) mass is 366 g/mol. The molecule has 0 aliphatic rings. The van der Waals surface area contributed by atoms with Gasteiger partial charge in [0.25, 0.3) is 0 Å². The minimum absolute atomic E-state index is 0.0848. The molecule has 3 nitrogen and oxygen atoms in total. The van der Waals surface area contributed by atoms with Crippen LogP contribution in [0.1, 0.15) is 13.8 Å². The standard InChI is InChI=1S/C14H21BrClFN2O/c1-3-19(4-2)7-5-18-6-8-20-14-10-13(17)12(16)9-11(14)15/h9-10,18H,3-8H2,1-2H3. The van der Waals surface area contributed by atoms with Gasteiger partial charge in [-0.2, -0.15) is 0 Å². The van der Waals surface area contributed by atoms with E-state index in [-0.39, 0.29) is 5.02 Å². The third-order valence-electron chi connectivity index (χ3n) is 3.01. The summed E-state index contributed by atoms with van der Waals surface area (Å²) in [6.07, 6.45) is 0. The Morgan fingerprint density at radius 1 is 1.30 bits per heavy atom. The highest BCUT2D eigenvalue weighted by Gasteiger charge is 2.07. The van der Waals surface area contributed by atoms with Gasteiger partial charge in [-0.1, -0.05) is 25.4 Å². The molecule has 0 atom stereocenters. The summed E-state index contributed by atoms with van der Waals surface area (Å²) < 4.78 is 19.5. The molecule has 0 fully saturated rings.